The molecule has 2 fully saturated rings. The molecule has 1 N–H and O–H groups in total. The van der Waals surface area contributed by atoms with Crippen LogP contribution in [0.2, 0.25) is 0 Å². The van der Waals surface area contributed by atoms with Crippen LogP contribution in [0, 0.1) is 0 Å². The van der Waals surface area contributed by atoms with E-state index in [1.54, 1.807) is 0 Å². The number of nitrogens with zero attached hydrogens (tertiary/aromatic N) is 2. The van der Waals surface area contributed by atoms with Gasteiger partial charge in [0.25, 0.3) is 0 Å². The van der Waals surface area contributed by atoms with Crippen LogP contribution < -0.4 is 5.32 Å². The van der Waals surface area contributed by atoms with Crippen LogP contribution in [-0.2, 0) is 0 Å². The van der Waals surface area contributed by atoms with Crippen LogP contribution >= 0.6 is 0 Å². The monoisotopic (exact) mass is 211 g/mol. The Hall–Kier alpha value is -0.120. The van der Waals surface area contributed by atoms with Crippen molar-refractivity contribution < 1.29 is 0 Å². The van der Waals surface area contributed by atoms with E-state index >= 15 is 0 Å². The Morgan fingerprint density at radius 2 is 2.13 bits per heavy atom. The molecule has 0 bridgehead atoms. The smallest absolute Gasteiger partial charge is 0.0233 e. The maximum Gasteiger partial charge on any atom is 0.0233 e. The summed E-state index contributed by atoms with van der Waals surface area (Å²) in [5.74, 6) is 0. The molecule has 3 nitrogen and oxygen atoms in total. The van der Waals surface area contributed by atoms with Gasteiger partial charge in [-0.25, -0.2) is 0 Å². The fourth-order valence-corrected chi connectivity index (χ4v) is 2.83. The van der Waals surface area contributed by atoms with Crippen LogP contribution in [0.1, 0.15) is 26.2 Å². The second-order valence-corrected chi connectivity index (χ2v) is 4.82. The average molecular weight is 211 g/mol. The summed E-state index contributed by atoms with van der Waals surface area (Å²) in [5, 5.41) is 3.46. The van der Waals surface area contributed by atoms with Crippen LogP contribution in [0.25, 0.3) is 0 Å². The molecule has 88 valence electrons. The second-order valence-electron chi connectivity index (χ2n) is 4.82. The normalized spacial score (nSPS) is 28.0. The van der Waals surface area contributed by atoms with Crippen LogP contribution in [0.3, 0.4) is 0 Å². The quantitative estimate of drug-likeness (QED) is 0.724. The maximum atomic E-state index is 3.46. The zero-order valence-corrected chi connectivity index (χ0v) is 10.0. The van der Waals surface area contributed by atoms with Gasteiger partial charge in [0, 0.05) is 25.7 Å². The molecule has 0 aromatic rings. The molecule has 2 saturated heterocycles. The molecule has 0 aromatic heterocycles. The molecular formula is C12H25N3. The van der Waals surface area contributed by atoms with Crippen molar-refractivity contribution in [1.82, 2.24) is 15.1 Å². The first-order valence-electron chi connectivity index (χ1n) is 6.57. The highest BCUT2D eigenvalue weighted by atomic mass is 15.2. The first-order valence-corrected chi connectivity index (χ1v) is 6.57. The molecule has 1 atom stereocenters. The van der Waals surface area contributed by atoms with Gasteiger partial charge in [0.2, 0.25) is 0 Å². The predicted octanol–water partition coefficient (Wildman–Crippen LogP) is 0.766. The van der Waals surface area contributed by atoms with Crippen molar-refractivity contribution in [2.24, 2.45) is 0 Å². The molecule has 3 heteroatoms. The third kappa shape index (κ3) is 3.16. The number of likely N-dealkylation sites (N-methyl/N-ethyl adjacent to an activating group) is 1. The number of hydrogen-bond donors (Lipinski definition) is 1. The molecule has 15 heavy (non-hydrogen) atoms. The van der Waals surface area contributed by atoms with E-state index in [9.17, 15) is 0 Å². The van der Waals surface area contributed by atoms with Crippen LogP contribution in [0.15, 0.2) is 0 Å². The summed E-state index contributed by atoms with van der Waals surface area (Å²) in [4.78, 5) is 5.27. The van der Waals surface area contributed by atoms with Gasteiger partial charge >= 0.3 is 0 Å². The number of likely N-dealkylation sites (tertiary alicyclic amines) is 1. The molecule has 2 heterocycles. The Balaban J connectivity index is 1.69. The van der Waals surface area contributed by atoms with Gasteiger partial charge in [-0.1, -0.05) is 6.92 Å². The van der Waals surface area contributed by atoms with Crippen molar-refractivity contribution in [3.05, 3.63) is 0 Å². The summed E-state index contributed by atoms with van der Waals surface area (Å²) >= 11 is 0. The molecular weight excluding hydrogens is 186 g/mol. The molecule has 2 aliphatic rings. The van der Waals surface area contributed by atoms with Gasteiger partial charge in [-0.3, -0.25) is 4.90 Å². The second kappa shape index (κ2) is 5.83. The largest absolute Gasteiger partial charge is 0.315 e. The van der Waals surface area contributed by atoms with E-state index in [0.29, 0.717) is 0 Å². The van der Waals surface area contributed by atoms with Crippen molar-refractivity contribution in [2.45, 2.75) is 32.2 Å². The lowest BCUT2D eigenvalue weighted by molar-refractivity contribution is 0.187. The van der Waals surface area contributed by atoms with Gasteiger partial charge in [0.05, 0.1) is 0 Å². The minimum atomic E-state index is 0.803. The molecule has 1 unspecified atom stereocenters. The van der Waals surface area contributed by atoms with Gasteiger partial charge in [0.1, 0.15) is 0 Å². The minimum Gasteiger partial charge on any atom is -0.315 e. The lowest BCUT2D eigenvalue weighted by atomic mass is 10.2. The van der Waals surface area contributed by atoms with Crippen LogP contribution in [0.4, 0.5) is 0 Å². The van der Waals surface area contributed by atoms with Gasteiger partial charge in [-0.2, -0.15) is 0 Å². The summed E-state index contributed by atoms with van der Waals surface area (Å²) in [5.41, 5.74) is 0. The zero-order valence-electron chi connectivity index (χ0n) is 10.0. The summed E-state index contributed by atoms with van der Waals surface area (Å²) in [6.07, 6.45) is 4.17. The highest BCUT2D eigenvalue weighted by molar-refractivity contribution is 4.81. The maximum absolute atomic E-state index is 3.46. The highest BCUT2D eigenvalue weighted by Gasteiger charge is 2.21. The molecule has 0 aromatic carbocycles. The number of rotatable bonds is 5. The van der Waals surface area contributed by atoms with Crippen molar-refractivity contribution in [1.29, 1.82) is 0 Å². The number of nitrogens with one attached hydrogen (secondary N) is 1. The Bertz CT molecular complexity index is 172. The summed E-state index contributed by atoms with van der Waals surface area (Å²) < 4.78 is 0. The van der Waals surface area contributed by atoms with Crippen LogP contribution in [0.5, 0.6) is 0 Å². The van der Waals surface area contributed by atoms with Crippen molar-refractivity contribution >= 4 is 0 Å². The topological polar surface area (TPSA) is 18.5 Å². The van der Waals surface area contributed by atoms with E-state index in [-0.39, 0.29) is 0 Å². The summed E-state index contributed by atoms with van der Waals surface area (Å²) in [6.45, 7) is 11.1. The molecule has 2 aliphatic heterocycles. The Morgan fingerprint density at radius 1 is 1.33 bits per heavy atom. The third-order valence-corrected chi connectivity index (χ3v) is 3.86. The fraction of sp³-hybridized carbons (Fsp3) is 1.00. The van der Waals surface area contributed by atoms with E-state index in [1.165, 1.54) is 65.1 Å². The zero-order chi connectivity index (χ0) is 10.5. The molecule has 0 saturated carbocycles. The van der Waals surface area contributed by atoms with Gasteiger partial charge < -0.3 is 10.2 Å². The van der Waals surface area contributed by atoms with E-state index in [0.717, 1.165) is 6.04 Å². The molecule has 0 aliphatic carbocycles. The van der Waals surface area contributed by atoms with Gasteiger partial charge in [-0.05, 0) is 45.4 Å². The lowest BCUT2D eigenvalue weighted by Gasteiger charge is -2.28. The predicted molar refractivity (Wildman–Crippen MR) is 64.2 cm³/mol. The Labute approximate surface area is 93.8 Å². The Morgan fingerprint density at radius 3 is 2.73 bits per heavy atom. The summed E-state index contributed by atoms with van der Waals surface area (Å²) in [7, 11) is 0. The van der Waals surface area contributed by atoms with E-state index < -0.39 is 0 Å². The van der Waals surface area contributed by atoms with E-state index in [2.05, 4.69) is 22.0 Å². The fourth-order valence-electron chi connectivity index (χ4n) is 2.83. The highest BCUT2D eigenvalue weighted by Crippen LogP contribution is 2.10. The third-order valence-electron chi connectivity index (χ3n) is 3.86. The first kappa shape index (κ1) is 11.4. The standard InChI is InChI=1S/C12H25N3/c1-2-15(12-5-6-13-11-12)10-9-14-7-3-4-8-14/h12-13H,2-11H2,1H3. The van der Waals surface area contributed by atoms with Crippen LogP contribution in [-0.4, -0.2) is 61.7 Å². The summed E-state index contributed by atoms with van der Waals surface area (Å²) in [6, 6.07) is 0.803. The van der Waals surface area contributed by atoms with Crippen molar-refractivity contribution in [3.8, 4) is 0 Å². The molecule has 0 radical (unpaired) electrons. The SMILES string of the molecule is CCN(CCN1CCCC1)C1CCNC1. The van der Waals surface area contributed by atoms with Crippen molar-refractivity contribution in [2.75, 3.05) is 45.8 Å². The molecule has 0 spiro atoms. The van der Waals surface area contributed by atoms with E-state index in [1.807, 2.05) is 0 Å². The lowest BCUT2D eigenvalue weighted by Crippen LogP contribution is -2.41. The average Bonchev–Trinajstić information content (AvgIpc) is 2.90. The minimum absolute atomic E-state index is 0.803. The molecule has 2 rings (SSSR count). The number of hydrogen-bond acceptors (Lipinski definition) is 3. The van der Waals surface area contributed by atoms with Crippen molar-refractivity contribution in [3.63, 3.8) is 0 Å². The van der Waals surface area contributed by atoms with Gasteiger partial charge in [0.15, 0.2) is 0 Å². The van der Waals surface area contributed by atoms with E-state index in [4.69, 9.17) is 0 Å². The molecule has 0 amide bonds. The Kier molecular flexibility index (Phi) is 4.42. The van der Waals surface area contributed by atoms with Gasteiger partial charge in [-0.15, -0.1) is 0 Å². The first-order chi connectivity index (χ1) is 7.40.